The standard InChI is InChI=1S/C19H20N2O4S/c1-12-6-7-16-14(8-12)9-17(26-16)19(24)21-20-10-13-4-2-3-5-15(13)25-11-18(22)23/h2-5,9-10,12H,6-8,11H2,1H3,(H,21,24)(H,22,23)/b20-10-/t12-/m1/s1. The summed E-state index contributed by atoms with van der Waals surface area (Å²) in [7, 11) is 0. The number of carboxylic acids is 1. The van der Waals surface area contributed by atoms with Crippen molar-refractivity contribution in [1.82, 2.24) is 5.43 Å². The molecule has 1 heterocycles. The third-order valence-electron chi connectivity index (χ3n) is 4.19. The Balaban J connectivity index is 1.64. The molecule has 2 aromatic rings. The lowest BCUT2D eigenvalue weighted by Gasteiger charge is -2.16. The molecule has 0 bridgehead atoms. The Morgan fingerprint density at radius 2 is 2.23 bits per heavy atom. The van der Waals surface area contributed by atoms with Gasteiger partial charge in [0.15, 0.2) is 6.61 Å². The first-order valence-corrected chi connectivity index (χ1v) is 9.23. The molecule has 26 heavy (non-hydrogen) atoms. The third-order valence-corrected chi connectivity index (χ3v) is 5.43. The summed E-state index contributed by atoms with van der Waals surface area (Å²) in [4.78, 5) is 24.9. The molecule has 1 aromatic heterocycles. The molecule has 0 unspecified atom stereocenters. The van der Waals surface area contributed by atoms with Gasteiger partial charge in [0.2, 0.25) is 0 Å². The minimum Gasteiger partial charge on any atom is -0.481 e. The molecule has 0 aliphatic heterocycles. The van der Waals surface area contributed by atoms with Crippen LogP contribution in [0.1, 0.15) is 39.0 Å². The van der Waals surface area contributed by atoms with Crippen LogP contribution in [0.25, 0.3) is 0 Å². The number of nitrogens with zero attached hydrogens (tertiary/aromatic N) is 1. The number of carbonyl (C=O) groups is 2. The lowest BCUT2D eigenvalue weighted by Crippen LogP contribution is -2.16. The number of ether oxygens (including phenoxy) is 1. The first kappa shape index (κ1) is 18.1. The van der Waals surface area contributed by atoms with Gasteiger partial charge < -0.3 is 9.84 Å². The average Bonchev–Trinajstić information content (AvgIpc) is 3.04. The van der Waals surface area contributed by atoms with Crippen molar-refractivity contribution in [3.63, 3.8) is 0 Å². The quantitative estimate of drug-likeness (QED) is 0.602. The van der Waals surface area contributed by atoms with E-state index < -0.39 is 12.6 Å². The zero-order chi connectivity index (χ0) is 18.5. The number of carbonyl (C=O) groups excluding carboxylic acids is 1. The van der Waals surface area contributed by atoms with Crippen LogP contribution in [0.4, 0.5) is 0 Å². The van der Waals surface area contributed by atoms with E-state index in [4.69, 9.17) is 9.84 Å². The number of carboxylic acid groups (broad SMARTS) is 1. The fourth-order valence-corrected chi connectivity index (χ4v) is 3.99. The Morgan fingerprint density at radius 3 is 3.04 bits per heavy atom. The lowest BCUT2D eigenvalue weighted by atomic mass is 9.90. The summed E-state index contributed by atoms with van der Waals surface area (Å²) in [5.41, 5.74) is 4.39. The van der Waals surface area contributed by atoms with Gasteiger partial charge in [-0.15, -0.1) is 11.3 Å². The first-order chi connectivity index (χ1) is 12.5. The van der Waals surface area contributed by atoms with Crippen LogP contribution in [0.3, 0.4) is 0 Å². The fourth-order valence-electron chi connectivity index (χ4n) is 2.89. The number of rotatable bonds is 6. The third kappa shape index (κ3) is 4.49. The summed E-state index contributed by atoms with van der Waals surface area (Å²) in [6, 6.07) is 8.87. The zero-order valence-electron chi connectivity index (χ0n) is 14.4. The van der Waals surface area contributed by atoms with E-state index in [0.29, 0.717) is 22.1 Å². The van der Waals surface area contributed by atoms with Gasteiger partial charge in [0.25, 0.3) is 5.91 Å². The van der Waals surface area contributed by atoms with Crippen molar-refractivity contribution in [3.05, 3.63) is 51.2 Å². The first-order valence-electron chi connectivity index (χ1n) is 8.41. The molecule has 3 rings (SSSR count). The molecular weight excluding hydrogens is 352 g/mol. The Morgan fingerprint density at radius 1 is 1.42 bits per heavy atom. The van der Waals surface area contributed by atoms with Gasteiger partial charge in [0.1, 0.15) is 5.75 Å². The number of hydrogen-bond donors (Lipinski definition) is 2. The molecule has 1 aliphatic carbocycles. The number of nitrogens with one attached hydrogen (secondary N) is 1. The number of benzene rings is 1. The van der Waals surface area contributed by atoms with E-state index in [1.165, 1.54) is 34.4 Å². The highest BCUT2D eigenvalue weighted by Crippen LogP contribution is 2.32. The maximum Gasteiger partial charge on any atom is 0.341 e. The number of aliphatic carboxylic acids is 1. The maximum atomic E-state index is 12.3. The molecule has 1 aliphatic rings. The van der Waals surface area contributed by atoms with Crippen molar-refractivity contribution < 1.29 is 19.4 Å². The second kappa shape index (κ2) is 8.14. The predicted octanol–water partition coefficient (Wildman–Crippen LogP) is 3.10. The van der Waals surface area contributed by atoms with Gasteiger partial charge in [0, 0.05) is 10.4 Å². The van der Waals surface area contributed by atoms with Gasteiger partial charge in [-0.1, -0.05) is 19.1 Å². The fraction of sp³-hybridized carbons (Fsp3) is 0.316. The van der Waals surface area contributed by atoms with E-state index >= 15 is 0 Å². The summed E-state index contributed by atoms with van der Waals surface area (Å²) < 4.78 is 5.20. The molecule has 0 spiro atoms. The summed E-state index contributed by atoms with van der Waals surface area (Å²) in [6.45, 7) is 1.80. The van der Waals surface area contributed by atoms with Gasteiger partial charge >= 0.3 is 5.97 Å². The predicted molar refractivity (Wildman–Crippen MR) is 100 cm³/mol. The summed E-state index contributed by atoms with van der Waals surface area (Å²) >= 11 is 1.53. The monoisotopic (exact) mass is 372 g/mol. The molecule has 0 saturated heterocycles. The topological polar surface area (TPSA) is 88.0 Å². The van der Waals surface area contributed by atoms with Crippen LogP contribution in [0, 0.1) is 5.92 Å². The van der Waals surface area contributed by atoms with Crippen molar-refractivity contribution in [2.24, 2.45) is 11.0 Å². The second-order valence-corrected chi connectivity index (χ2v) is 7.46. The lowest BCUT2D eigenvalue weighted by molar-refractivity contribution is -0.139. The molecule has 2 N–H and O–H groups in total. The summed E-state index contributed by atoms with van der Waals surface area (Å²) in [5.74, 6) is -0.236. The van der Waals surface area contributed by atoms with Crippen molar-refractivity contribution in [3.8, 4) is 5.75 Å². The molecular formula is C19H20N2O4S. The maximum absolute atomic E-state index is 12.3. The molecule has 1 amide bonds. The van der Waals surface area contributed by atoms with Gasteiger partial charge in [0.05, 0.1) is 11.1 Å². The van der Waals surface area contributed by atoms with Gasteiger partial charge in [-0.3, -0.25) is 4.79 Å². The van der Waals surface area contributed by atoms with Crippen LogP contribution >= 0.6 is 11.3 Å². The van der Waals surface area contributed by atoms with Crippen molar-refractivity contribution in [1.29, 1.82) is 0 Å². The molecule has 1 aromatic carbocycles. The van der Waals surface area contributed by atoms with Gasteiger partial charge in [-0.05, 0) is 48.9 Å². The van der Waals surface area contributed by atoms with Crippen molar-refractivity contribution in [2.75, 3.05) is 6.61 Å². The van der Waals surface area contributed by atoms with Crippen LogP contribution in [0.2, 0.25) is 0 Å². The number of hydrogen-bond acceptors (Lipinski definition) is 5. The van der Waals surface area contributed by atoms with E-state index in [-0.39, 0.29) is 5.91 Å². The Kier molecular flexibility index (Phi) is 5.68. The zero-order valence-corrected chi connectivity index (χ0v) is 15.2. The number of thiophene rings is 1. The van der Waals surface area contributed by atoms with Crippen LogP contribution < -0.4 is 10.2 Å². The Bertz CT molecular complexity index is 844. The number of aryl methyl sites for hydroxylation is 1. The SMILES string of the molecule is C[C@@H]1CCc2sc(C(=O)N/N=C\c3ccccc3OCC(=O)O)cc2C1. The van der Waals surface area contributed by atoms with Crippen molar-refractivity contribution >= 4 is 29.4 Å². The van der Waals surface area contributed by atoms with E-state index in [1.807, 2.05) is 6.07 Å². The number of hydrazone groups is 1. The van der Waals surface area contributed by atoms with Crippen LogP contribution in [-0.2, 0) is 17.6 Å². The van der Waals surface area contributed by atoms with Crippen LogP contribution in [-0.4, -0.2) is 29.8 Å². The molecule has 0 saturated carbocycles. The van der Waals surface area contributed by atoms with Crippen molar-refractivity contribution in [2.45, 2.75) is 26.2 Å². The highest BCUT2D eigenvalue weighted by atomic mass is 32.1. The number of amides is 1. The Hall–Kier alpha value is -2.67. The van der Waals surface area contributed by atoms with Crippen LogP contribution in [0.15, 0.2) is 35.4 Å². The van der Waals surface area contributed by atoms with Gasteiger partial charge in [-0.2, -0.15) is 5.10 Å². The number of fused-ring (bicyclic) bond motifs is 1. The largest absolute Gasteiger partial charge is 0.481 e. The summed E-state index contributed by atoms with van der Waals surface area (Å²) in [6.07, 6.45) is 4.67. The van der Waals surface area contributed by atoms with E-state index in [9.17, 15) is 9.59 Å². The minimum absolute atomic E-state index is 0.239. The summed E-state index contributed by atoms with van der Waals surface area (Å²) in [5, 5.41) is 12.7. The minimum atomic E-state index is -1.05. The molecule has 1 atom stereocenters. The second-order valence-electron chi connectivity index (χ2n) is 6.33. The normalized spacial score (nSPS) is 16.3. The highest BCUT2D eigenvalue weighted by Gasteiger charge is 2.20. The molecule has 0 radical (unpaired) electrons. The molecule has 0 fully saturated rings. The van der Waals surface area contributed by atoms with E-state index in [0.717, 1.165) is 12.8 Å². The van der Waals surface area contributed by atoms with Crippen LogP contribution in [0.5, 0.6) is 5.75 Å². The average molecular weight is 372 g/mol. The van der Waals surface area contributed by atoms with E-state index in [2.05, 4.69) is 17.5 Å². The van der Waals surface area contributed by atoms with Gasteiger partial charge in [-0.25, -0.2) is 10.2 Å². The van der Waals surface area contributed by atoms with E-state index in [1.54, 1.807) is 24.3 Å². The smallest absolute Gasteiger partial charge is 0.341 e. The Labute approximate surface area is 155 Å². The molecule has 6 nitrogen and oxygen atoms in total. The number of para-hydroxylation sites is 1. The highest BCUT2D eigenvalue weighted by molar-refractivity contribution is 7.14. The molecule has 7 heteroatoms. The molecule has 136 valence electrons.